The molecule has 0 aromatic rings. The molecule has 2 aliphatic heterocycles. The van der Waals surface area contributed by atoms with Gasteiger partial charge in [0.2, 0.25) is 10.0 Å². The third-order valence-electron chi connectivity index (χ3n) is 5.54. The van der Waals surface area contributed by atoms with Gasteiger partial charge in [-0.25, -0.2) is 13.1 Å². The Balaban J connectivity index is 1.56. The summed E-state index contributed by atoms with van der Waals surface area (Å²) in [6, 6.07) is 0.117. The second-order valence-electron chi connectivity index (χ2n) is 6.87. The summed E-state index contributed by atoms with van der Waals surface area (Å²) in [5, 5.41) is 0. The van der Waals surface area contributed by atoms with Crippen molar-refractivity contribution in [2.75, 3.05) is 32.2 Å². The van der Waals surface area contributed by atoms with Gasteiger partial charge in [-0.15, -0.1) is 0 Å². The highest BCUT2D eigenvalue weighted by molar-refractivity contribution is 7.89. The lowest BCUT2D eigenvalue weighted by Crippen LogP contribution is -2.47. The maximum Gasteiger partial charge on any atom is 0.211 e. The second kappa shape index (κ2) is 6.52. The fourth-order valence-corrected chi connectivity index (χ4v) is 5.67. The highest BCUT2D eigenvalue weighted by atomic mass is 32.2. The Morgan fingerprint density at radius 1 is 1.05 bits per heavy atom. The smallest absolute Gasteiger partial charge is 0.211 e. The predicted molar refractivity (Wildman–Crippen MR) is 80.6 cm³/mol. The molecule has 122 valence electrons. The maximum atomic E-state index is 12.4. The van der Waals surface area contributed by atoms with Crippen LogP contribution in [0.1, 0.15) is 44.9 Å². The van der Waals surface area contributed by atoms with Crippen LogP contribution in [0.5, 0.6) is 0 Å². The first-order valence-corrected chi connectivity index (χ1v) is 9.90. The Labute approximate surface area is 127 Å². The summed E-state index contributed by atoms with van der Waals surface area (Å²) < 4.78 is 38.6. The zero-order valence-corrected chi connectivity index (χ0v) is 13.5. The number of ether oxygens (including phenoxy) is 2. The van der Waals surface area contributed by atoms with Crippen LogP contribution in [0.25, 0.3) is 0 Å². The standard InChI is InChI=1S/C15H27NO4S/c17-21(18,11-4-13-3-8-20-12-13)16-14-2-1-5-15(14)6-9-19-10-7-15/h13-14,16H,1-12H2. The van der Waals surface area contributed by atoms with Gasteiger partial charge in [0.1, 0.15) is 0 Å². The molecule has 1 saturated carbocycles. The molecule has 3 fully saturated rings. The summed E-state index contributed by atoms with van der Waals surface area (Å²) >= 11 is 0. The largest absolute Gasteiger partial charge is 0.381 e. The van der Waals surface area contributed by atoms with E-state index in [1.807, 2.05) is 0 Å². The molecule has 0 radical (unpaired) electrons. The third kappa shape index (κ3) is 3.78. The van der Waals surface area contributed by atoms with Gasteiger partial charge in [0, 0.05) is 32.5 Å². The fraction of sp³-hybridized carbons (Fsp3) is 1.00. The molecule has 21 heavy (non-hydrogen) atoms. The molecule has 2 unspecified atom stereocenters. The molecule has 2 saturated heterocycles. The van der Waals surface area contributed by atoms with Gasteiger partial charge in [-0.1, -0.05) is 6.42 Å². The average molecular weight is 317 g/mol. The molecule has 0 amide bonds. The summed E-state index contributed by atoms with van der Waals surface area (Å²) in [6.07, 6.45) is 6.96. The predicted octanol–water partition coefficient (Wildman–Crippen LogP) is 1.68. The Kier molecular flexibility index (Phi) is 4.88. The Hall–Kier alpha value is -0.170. The van der Waals surface area contributed by atoms with Crippen LogP contribution in [-0.2, 0) is 19.5 Å². The van der Waals surface area contributed by atoms with E-state index in [1.54, 1.807) is 0 Å². The van der Waals surface area contributed by atoms with E-state index in [9.17, 15) is 8.42 Å². The number of nitrogens with one attached hydrogen (secondary N) is 1. The molecular weight excluding hydrogens is 290 g/mol. The van der Waals surface area contributed by atoms with Crippen LogP contribution in [-0.4, -0.2) is 46.6 Å². The lowest BCUT2D eigenvalue weighted by molar-refractivity contribution is 0.00800. The number of rotatable bonds is 5. The van der Waals surface area contributed by atoms with Crippen molar-refractivity contribution in [2.24, 2.45) is 11.3 Å². The number of hydrogen-bond donors (Lipinski definition) is 1. The lowest BCUT2D eigenvalue weighted by atomic mass is 9.76. The minimum atomic E-state index is -3.17. The summed E-state index contributed by atoms with van der Waals surface area (Å²) in [5.41, 5.74) is 0.155. The summed E-state index contributed by atoms with van der Waals surface area (Å²) in [5.74, 6) is 0.659. The molecule has 0 aromatic carbocycles. The van der Waals surface area contributed by atoms with Crippen molar-refractivity contribution < 1.29 is 17.9 Å². The monoisotopic (exact) mass is 317 g/mol. The van der Waals surface area contributed by atoms with Crippen molar-refractivity contribution in [2.45, 2.75) is 51.0 Å². The van der Waals surface area contributed by atoms with Gasteiger partial charge in [-0.2, -0.15) is 0 Å². The van der Waals surface area contributed by atoms with Crippen LogP contribution in [0.2, 0.25) is 0 Å². The second-order valence-corrected chi connectivity index (χ2v) is 8.75. The van der Waals surface area contributed by atoms with Crippen LogP contribution < -0.4 is 4.72 Å². The molecule has 3 rings (SSSR count). The van der Waals surface area contributed by atoms with Crippen LogP contribution in [0.4, 0.5) is 0 Å². The summed E-state index contributed by atoms with van der Waals surface area (Å²) in [7, 11) is -3.17. The van der Waals surface area contributed by atoms with Gasteiger partial charge in [-0.3, -0.25) is 0 Å². The van der Waals surface area contributed by atoms with Gasteiger partial charge in [-0.05, 0) is 49.9 Å². The quantitative estimate of drug-likeness (QED) is 0.838. The molecule has 0 bridgehead atoms. The SMILES string of the molecule is O=S(=O)(CCC1CCOC1)NC1CCCC12CCOCC2. The molecule has 2 atom stereocenters. The van der Waals surface area contributed by atoms with E-state index in [0.717, 1.165) is 71.4 Å². The minimum absolute atomic E-state index is 0.117. The Morgan fingerprint density at radius 2 is 1.86 bits per heavy atom. The topological polar surface area (TPSA) is 64.6 Å². The van der Waals surface area contributed by atoms with E-state index in [0.29, 0.717) is 5.92 Å². The Bertz CT molecular complexity index is 439. The zero-order chi connectivity index (χ0) is 14.8. The van der Waals surface area contributed by atoms with Gasteiger partial charge in [0.05, 0.1) is 5.75 Å². The van der Waals surface area contributed by atoms with Crippen molar-refractivity contribution in [1.82, 2.24) is 4.72 Å². The normalized spacial score (nSPS) is 32.8. The molecular formula is C15H27NO4S. The van der Waals surface area contributed by atoms with Gasteiger partial charge >= 0.3 is 0 Å². The highest BCUT2D eigenvalue weighted by Crippen LogP contribution is 2.46. The number of sulfonamides is 1. The van der Waals surface area contributed by atoms with Crippen LogP contribution in [0, 0.1) is 11.3 Å². The molecule has 1 aliphatic carbocycles. The van der Waals surface area contributed by atoms with E-state index in [4.69, 9.17) is 9.47 Å². The first-order valence-electron chi connectivity index (χ1n) is 8.25. The maximum absolute atomic E-state index is 12.4. The van der Waals surface area contributed by atoms with Crippen molar-refractivity contribution in [3.05, 3.63) is 0 Å². The van der Waals surface area contributed by atoms with E-state index in [2.05, 4.69) is 4.72 Å². The van der Waals surface area contributed by atoms with Gasteiger partial charge in [0.15, 0.2) is 0 Å². The lowest BCUT2D eigenvalue weighted by Gasteiger charge is -2.39. The summed E-state index contributed by atoms with van der Waals surface area (Å²) in [6.45, 7) is 3.05. The van der Waals surface area contributed by atoms with E-state index in [-0.39, 0.29) is 17.2 Å². The van der Waals surface area contributed by atoms with E-state index < -0.39 is 10.0 Å². The molecule has 1 N–H and O–H groups in total. The van der Waals surface area contributed by atoms with Gasteiger partial charge < -0.3 is 9.47 Å². The molecule has 5 nitrogen and oxygen atoms in total. The van der Waals surface area contributed by atoms with Crippen molar-refractivity contribution in [3.8, 4) is 0 Å². The van der Waals surface area contributed by atoms with Crippen LogP contribution >= 0.6 is 0 Å². The number of hydrogen-bond acceptors (Lipinski definition) is 4. The molecule has 2 heterocycles. The van der Waals surface area contributed by atoms with Crippen LogP contribution in [0.15, 0.2) is 0 Å². The van der Waals surface area contributed by atoms with Crippen molar-refractivity contribution >= 4 is 10.0 Å². The van der Waals surface area contributed by atoms with E-state index in [1.165, 1.54) is 0 Å². The third-order valence-corrected chi connectivity index (χ3v) is 6.95. The first kappa shape index (κ1) is 15.7. The first-order chi connectivity index (χ1) is 10.1. The van der Waals surface area contributed by atoms with Crippen LogP contribution in [0.3, 0.4) is 0 Å². The summed E-state index contributed by atoms with van der Waals surface area (Å²) in [4.78, 5) is 0. The van der Waals surface area contributed by atoms with E-state index >= 15 is 0 Å². The van der Waals surface area contributed by atoms with Gasteiger partial charge in [0.25, 0.3) is 0 Å². The minimum Gasteiger partial charge on any atom is -0.381 e. The fourth-order valence-electron chi connectivity index (χ4n) is 4.11. The molecule has 6 heteroatoms. The van der Waals surface area contributed by atoms with Crippen molar-refractivity contribution in [3.63, 3.8) is 0 Å². The molecule has 1 spiro atoms. The molecule has 3 aliphatic rings. The highest BCUT2D eigenvalue weighted by Gasteiger charge is 2.45. The zero-order valence-electron chi connectivity index (χ0n) is 12.7. The molecule has 0 aromatic heterocycles. The Morgan fingerprint density at radius 3 is 2.57 bits per heavy atom. The average Bonchev–Trinajstić information content (AvgIpc) is 3.09. The van der Waals surface area contributed by atoms with Crippen molar-refractivity contribution in [1.29, 1.82) is 0 Å².